The van der Waals surface area contributed by atoms with Gasteiger partial charge in [0.1, 0.15) is 0 Å². The summed E-state index contributed by atoms with van der Waals surface area (Å²) in [5, 5.41) is 9.75. The van der Waals surface area contributed by atoms with E-state index in [1.807, 2.05) is 39.0 Å². The maximum absolute atomic E-state index is 9.75. The molecule has 3 heteroatoms. The molecule has 1 aromatic rings. The highest BCUT2D eigenvalue weighted by molar-refractivity contribution is 5.43. The van der Waals surface area contributed by atoms with E-state index in [1.54, 1.807) is 0 Å². The first-order chi connectivity index (χ1) is 7.72. The predicted octanol–water partition coefficient (Wildman–Crippen LogP) is 2.93. The number of rotatable bonds is 6. The van der Waals surface area contributed by atoms with Crippen LogP contribution in [0.1, 0.15) is 38.9 Å². The molecule has 0 aliphatic rings. The topological polar surface area (TPSA) is 38.7 Å². The average Bonchev–Trinajstić information content (AvgIpc) is 2.31. The zero-order valence-electron chi connectivity index (χ0n) is 10.2. The molecule has 0 aromatic heterocycles. The Balaban J connectivity index is 2.96. The minimum absolute atomic E-state index is 0.435. The van der Waals surface area contributed by atoms with Gasteiger partial charge >= 0.3 is 0 Å². The number of aliphatic hydroxyl groups is 1. The third kappa shape index (κ3) is 3.14. The lowest BCUT2D eigenvalue weighted by molar-refractivity contribution is 0.173. The average molecular weight is 224 g/mol. The summed E-state index contributed by atoms with van der Waals surface area (Å²) in [4.78, 5) is 0. The molecule has 0 heterocycles. The zero-order chi connectivity index (χ0) is 12.0. The van der Waals surface area contributed by atoms with Crippen molar-refractivity contribution in [2.24, 2.45) is 0 Å². The SMILES string of the molecule is CCOc1ccc([C@@H](O)CC)cc1OCC. The van der Waals surface area contributed by atoms with E-state index < -0.39 is 6.10 Å². The van der Waals surface area contributed by atoms with Gasteiger partial charge in [0.05, 0.1) is 19.3 Å². The summed E-state index contributed by atoms with van der Waals surface area (Å²) in [7, 11) is 0. The van der Waals surface area contributed by atoms with Gasteiger partial charge in [-0.25, -0.2) is 0 Å². The van der Waals surface area contributed by atoms with Gasteiger partial charge in [0, 0.05) is 0 Å². The van der Waals surface area contributed by atoms with Crippen molar-refractivity contribution in [2.75, 3.05) is 13.2 Å². The van der Waals surface area contributed by atoms with Crippen molar-refractivity contribution in [3.05, 3.63) is 23.8 Å². The van der Waals surface area contributed by atoms with E-state index in [-0.39, 0.29) is 0 Å². The van der Waals surface area contributed by atoms with Crippen molar-refractivity contribution in [3.63, 3.8) is 0 Å². The molecule has 0 radical (unpaired) electrons. The van der Waals surface area contributed by atoms with E-state index in [2.05, 4.69) is 0 Å². The van der Waals surface area contributed by atoms with Crippen LogP contribution in [0.5, 0.6) is 11.5 Å². The molecule has 0 saturated carbocycles. The van der Waals surface area contributed by atoms with E-state index in [0.29, 0.717) is 25.4 Å². The number of hydrogen-bond acceptors (Lipinski definition) is 3. The van der Waals surface area contributed by atoms with Gasteiger partial charge in [0.2, 0.25) is 0 Å². The van der Waals surface area contributed by atoms with Crippen LogP contribution < -0.4 is 9.47 Å². The molecule has 0 unspecified atom stereocenters. The van der Waals surface area contributed by atoms with Gasteiger partial charge < -0.3 is 14.6 Å². The molecule has 0 spiro atoms. The lowest BCUT2D eigenvalue weighted by Crippen LogP contribution is -2.01. The third-order valence-corrected chi connectivity index (χ3v) is 2.34. The predicted molar refractivity (Wildman–Crippen MR) is 64.0 cm³/mol. The Labute approximate surface area is 97.0 Å². The molecule has 1 rings (SSSR count). The molecule has 1 N–H and O–H groups in total. The zero-order valence-corrected chi connectivity index (χ0v) is 10.2. The highest BCUT2D eigenvalue weighted by Crippen LogP contribution is 2.31. The second-order valence-electron chi connectivity index (χ2n) is 3.50. The normalized spacial score (nSPS) is 12.2. The van der Waals surface area contributed by atoms with Crippen LogP contribution in [0.3, 0.4) is 0 Å². The maximum atomic E-state index is 9.75. The highest BCUT2D eigenvalue weighted by Gasteiger charge is 2.10. The molecule has 0 bridgehead atoms. The van der Waals surface area contributed by atoms with Gasteiger partial charge in [-0.3, -0.25) is 0 Å². The van der Waals surface area contributed by atoms with Crippen LogP contribution in [-0.4, -0.2) is 18.3 Å². The number of benzene rings is 1. The number of hydrogen-bond donors (Lipinski definition) is 1. The van der Waals surface area contributed by atoms with Gasteiger partial charge in [-0.15, -0.1) is 0 Å². The van der Waals surface area contributed by atoms with Gasteiger partial charge in [-0.1, -0.05) is 13.0 Å². The molecular formula is C13H20O3. The minimum Gasteiger partial charge on any atom is -0.490 e. The Morgan fingerprint density at radius 2 is 1.69 bits per heavy atom. The van der Waals surface area contributed by atoms with Crippen molar-refractivity contribution in [1.29, 1.82) is 0 Å². The molecule has 0 fully saturated rings. The van der Waals surface area contributed by atoms with Crippen LogP contribution in [-0.2, 0) is 0 Å². The molecule has 1 atom stereocenters. The summed E-state index contributed by atoms with van der Waals surface area (Å²) in [5.41, 5.74) is 0.870. The Morgan fingerprint density at radius 3 is 2.25 bits per heavy atom. The Kier molecular flexibility index (Phi) is 5.12. The molecule has 0 aliphatic carbocycles. The van der Waals surface area contributed by atoms with Crippen molar-refractivity contribution in [2.45, 2.75) is 33.3 Å². The number of aliphatic hydroxyl groups excluding tert-OH is 1. The Morgan fingerprint density at radius 1 is 1.06 bits per heavy atom. The van der Waals surface area contributed by atoms with Gasteiger partial charge in [0.15, 0.2) is 11.5 Å². The molecule has 0 saturated heterocycles. The highest BCUT2D eigenvalue weighted by atomic mass is 16.5. The third-order valence-electron chi connectivity index (χ3n) is 2.34. The second kappa shape index (κ2) is 6.38. The molecular weight excluding hydrogens is 204 g/mol. The van der Waals surface area contributed by atoms with Crippen LogP contribution in [0.4, 0.5) is 0 Å². The maximum Gasteiger partial charge on any atom is 0.161 e. The number of ether oxygens (including phenoxy) is 2. The summed E-state index contributed by atoms with van der Waals surface area (Å²) in [6, 6.07) is 5.58. The van der Waals surface area contributed by atoms with Gasteiger partial charge in [0.25, 0.3) is 0 Å². The Hall–Kier alpha value is -1.22. The van der Waals surface area contributed by atoms with Crippen LogP contribution in [0.15, 0.2) is 18.2 Å². The van der Waals surface area contributed by atoms with Crippen molar-refractivity contribution >= 4 is 0 Å². The van der Waals surface area contributed by atoms with Crippen molar-refractivity contribution < 1.29 is 14.6 Å². The van der Waals surface area contributed by atoms with Crippen LogP contribution in [0.25, 0.3) is 0 Å². The van der Waals surface area contributed by atoms with E-state index in [1.165, 1.54) is 0 Å². The van der Waals surface area contributed by atoms with E-state index in [4.69, 9.17) is 9.47 Å². The van der Waals surface area contributed by atoms with Crippen LogP contribution >= 0.6 is 0 Å². The smallest absolute Gasteiger partial charge is 0.161 e. The summed E-state index contributed by atoms with van der Waals surface area (Å²) in [6.07, 6.45) is 0.259. The summed E-state index contributed by atoms with van der Waals surface area (Å²) in [6.45, 7) is 7.01. The summed E-state index contributed by atoms with van der Waals surface area (Å²) in [5.74, 6) is 1.44. The van der Waals surface area contributed by atoms with Crippen LogP contribution in [0, 0.1) is 0 Å². The quantitative estimate of drug-likeness (QED) is 0.807. The van der Waals surface area contributed by atoms with Crippen molar-refractivity contribution in [3.8, 4) is 11.5 Å². The standard InChI is InChI=1S/C13H20O3/c1-4-11(14)10-7-8-12(15-5-2)13(9-10)16-6-3/h7-9,11,14H,4-6H2,1-3H3/t11-/m0/s1. The fourth-order valence-corrected chi connectivity index (χ4v) is 1.51. The molecule has 0 amide bonds. The van der Waals surface area contributed by atoms with Crippen LogP contribution in [0.2, 0.25) is 0 Å². The molecule has 90 valence electrons. The molecule has 3 nitrogen and oxygen atoms in total. The van der Waals surface area contributed by atoms with Crippen molar-refractivity contribution in [1.82, 2.24) is 0 Å². The van der Waals surface area contributed by atoms with E-state index >= 15 is 0 Å². The first-order valence-electron chi connectivity index (χ1n) is 5.80. The summed E-state index contributed by atoms with van der Waals surface area (Å²) >= 11 is 0. The molecule has 1 aromatic carbocycles. The fourth-order valence-electron chi connectivity index (χ4n) is 1.51. The fraction of sp³-hybridized carbons (Fsp3) is 0.538. The molecule has 16 heavy (non-hydrogen) atoms. The minimum atomic E-state index is -0.435. The first kappa shape index (κ1) is 12.8. The van der Waals surface area contributed by atoms with E-state index in [9.17, 15) is 5.11 Å². The monoisotopic (exact) mass is 224 g/mol. The Bertz CT molecular complexity index is 323. The second-order valence-corrected chi connectivity index (χ2v) is 3.50. The lowest BCUT2D eigenvalue weighted by Gasteiger charge is -2.14. The van der Waals surface area contributed by atoms with Gasteiger partial charge in [-0.2, -0.15) is 0 Å². The van der Waals surface area contributed by atoms with E-state index in [0.717, 1.165) is 11.3 Å². The first-order valence-corrected chi connectivity index (χ1v) is 5.80. The van der Waals surface area contributed by atoms with Gasteiger partial charge in [-0.05, 0) is 38.0 Å². The molecule has 0 aliphatic heterocycles. The summed E-state index contributed by atoms with van der Waals surface area (Å²) < 4.78 is 10.9. The lowest BCUT2D eigenvalue weighted by atomic mass is 10.1. The largest absolute Gasteiger partial charge is 0.490 e.